The standard InChI is InChI=1S/C23H25BrN2O5/c1-14(2)12-20(23(29)30)26-22(28)19(13-15-4-8-17(24)9-5-15)25-21(27)16-6-10-18(31-3)11-7-16/h4-11,13-14,20H,12H2,1-3H3,(H,25,27)(H,26,28)(H,29,30)/b19-13-/t20-/m1/s1. The van der Waals surface area contributed by atoms with E-state index >= 15 is 0 Å². The van der Waals surface area contributed by atoms with E-state index in [0.29, 0.717) is 16.9 Å². The number of carbonyl (C=O) groups excluding carboxylic acids is 2. The second kappa shape index (κ2) is 11.3. The van der Waals surface area contributed by atoms with Crippen LogP contribution in [0.4, 0.5) is 0 Å². The number of carboxylic acids is 1. The van der Waals surface area contributed by atoms with Gasteiger partial charge in [0.05, 0.1) is 7.11 Å². The number of hydrogen-bond acceptors (Lipinski definition) is 4. The largest absolute Gasteiger partial charge is 0.497 e. The van der Waals surface area contributed by atoms with Crippen molar-refractivity contribution in [3.05, 3.63) is 69.8 Å². The quantitative estimate of drug-likeness (QED) is 0.465. The van der Waals surface area contributed by atoms with Crippen LogP contribution in [0, 0.1) is 5.92 Å². The lowest BCUT2D eigenvalue weighted by Gasteiger charge is -2.18. The van der Waals surface area contributed by atoms with E-state index in [1.54, 1.807) is 48.5 Å². The molecule has 2 aromatic rings. The van der Waals surface area contributed by atoms with Gasteiger partial charge in [-0.05, 0) is 60.4 Å². The first-order valence-electron chi connectivity index (χ1n) is 9.66. The molecule has 0 saturated carbocycles. The van der Waals surface area contributed by atoms with Crippen LogP contribution in [0.15, 0.2) is 58.7 Å². The fourth-order valence-electron chi connectivity index (χ4n) is 2.75. The Morgan fingerprint density at radius 1 is 1.06 bits per heavy atom. The summed E-state index contributed by atoms with van der Waals surface area (Å²) < 4.78 is 5.95. The lowest BCUT2D eigenvalue weighted by Crippen LogP contribution is -2.45. The summed E-state index contributed by atoms with van der Waals surface area (Å²) in [5.74, 6) is -1.66. The van der Waals surface area contributed by atoms with Crippen LogP contribution in [0.25, 0.3) is 6.08 Å². The van der Waals surface area contributed by atoms with E-state index in [9.17, 15) is 19.5 Å². The topological polar surface area (TPSA) is 105 Å². The summed E-state index contributed by atoms with van der Waals surface area (Å²) in [6, 6.07) is 12.5. The third kappa shape index (κ3) is 7.57. The van der Waals surface area contributed by atoms with E-state index in [1.165, 1.54) is 13.2 Å². The van der Waals surface area contributed by atoms with Gasteiger partial charge in [0.1, 0.15) is 17.5 Å². The molecule has 2 rings (SSSR count). The Kier molecular flexibility index (Phi) is 8.81. The van der Waals surface area contributed by atoms with Crippen LogP contribution in [0.1, 0.15) is 36.2 Å². The minimum absolute atomic E-state index is 0.0573. The Morgan fingerprint density at radius 2 is 1.68 bits per heavy atom. The van der Waals surface area contributed by atoms with Crippen LogP contribution >= 0.6 is 15.9 Å². The molecular weight excluding hydrogens is 464 g/mol. The molecule has 0 radical (unpaired) electrons. The van der Waals surface area contributed by atoms with Gasteiger partial charge < -0.3 is 20.5 Å². The first-order chi connectivity index (χ1) is 14.7. The highest BCUT2D eigenvalue weighted by Crippen LogP contribution is 2.15. The van der Waals surface area contributed by atoms with E-state index in [-0.39, 0.29) is 18.0 Å². The summed E-state index contributed by atoms with van der Waals surface area (Å²) >= 11 is 3.35. The second-order valence-electron chi connectivity index (χ2n) is 7.29. The van der Waals surface area contributed by atoms with Gasteiger partial charge in [0, 0.05) is 10.0 Å². The monoisotopic (exact) mass is 488 g/mol. The maximum absolute atomic E-state index is 12.9. The van der Waals surface area contributed by atoms with Crippen molar-refractivity contribution in [3.8, 4) is 5.75 Å². The number of aliphatic carboxylic acids is 1. The molecular formula is C23H25BrN2O5. The van der Waals surface area contributed by atoms with E-state index in [4.69, 9.17) is 4.74 Å². The average molecular weight is 489 g/mol. The van der Waals surface area contributed by atoms with Crippen LogP contribution in [-0.2, 0) is 9.59 Å². The van der Waals surface area contributed by atoms with Crippen LogP contribution in [0.3, 0.4) is 0 Å². The number of amides is 2. The summed E-state index contributed by atoms with van der Waals surface area (Å²) in [6.45, 7) is 3.73. The summed E-state index contributed by atoms with van der Waals surface area (Å²) in [5.41, 5.74) is 0.935. The summed E-state index contributed by atoms with van der Waals surface area (Å²) in [7, 11) is 1.52. The molecule has 1 atom stereocenters. The number of carboxylic acid groups (broad SMARTS) is 1. The third-order valence-corrected chi connectivity index (χ3v) is 4.87. The first-order valence-corrected chi connectivity index (χ1v) is 10.4. The SMILES string of the molecule is COc1ccc(C(=O)N/C(=C\c2ccc(Br)cc2)C(=O)N[C@H](CC(C)C)C(=O)O)cc1. The van der Waals surface area contributed by atoms with Crippen LogP contribution in [0.5, 0.6) is 5.75 Å². The summed E-state index contributed by atoms with van der Waals surface area (Å²) in [4.78, 5) is 37.2. The fourth-order valence-corrected chi connectivity index (χ4v) is 3.01. The summed E-state index contributed by atoms with van der Waals surface area (Å²) in [5, 5.41) is 14.5. The van der Waals surface area contributed by atoms with Gasteiger partial charge in [0.2, 0.25) is 0 Å². The number of benzene rings is 2. The molecule has 2 aromatic carbocycles. The number of ether oxygens (including phenoxy) is 1. The van der Waals surface area contributed by atoms with Crippen molar-refractivity contribution < 1.29 is 24.2 Å². The van der Waals surface area contributed by atoms with Gasteiger partial charge in [0.25, 0.3) is 11.8 Å². The molecule has 0 aliphatic heterocycles. The molecule has 8 heteroatoms. The molecule has 0 heterocycles. The van der Waals surface area contributed by atoms with Crippen molar-refractivity contribution in [2.24, 2.45) is 5.92 Å². The Morgan fingerprint density at radius 3 is 2.19 bits per heavy atom. The second-order valence-corrected chi connectivity index (χ2v) is 8.20. The highest BCUT2D eigenvalue weighted by Gasteiger charge is 2.24. The Labute approximate surface area is 189 Å². The molecule has 164 valence electrons. The van der Waals surface area contributed by atoms with E-state index in [1.807, 2.05) is 13.8 Å². The van der Waals surface area contributed by atoms with E-state index in [0.717, 1.165) is 4.47 Å². The molecule has 3 N–H and O–H groups in total. The smallest absolute Gasteiger partial charge is 0.326 e. The van der Waals surface area contributed by atoms with Gasteiger partial charge in [-0.1, -0.05) is 41.9 Å². The Hall–Kier alpha value is -3.13. The number of methoxy groups -OCH3 is 1. The van der Waals surface area contributed by atoms with Crippen molar-refractivity contribution in [2.45, 2.75) is 26.3 Å². The molecule has 0 fully saturated rings. The minimum atomic E-state index is -1.13. The maximum atomic E-state index is 12.9. The van der Waals surface area contributed by atoms with Gasteiger partial charge in [0.15, 0.2) is 0 Å². The molecule has 0 aromatic heterocycles. The first kappa shape index (κ1) is 24.1. The van der Waals surface area contributed by atoms with Crippen molar-refractivity contribution in [1.82, 2.24) is 10.6 Å². The number of hydrogen-bond donors (Lipinski definition) is 3. The third-order valence-electron chi connectivity index (χ3n) is 4.34. The predicted molar refractivity (Wildman–Crippen MR) is 122 cm³/mol. The normalized spacial score (nSPS) is 12.2. The number of halogens is 1. The van der Waals surface area contributed by atoms with E-state index in [2.05, 4.69) is 26.6 Å². The number of nitrogens with one attached hydrogen (secondary N) is 2. The van der Waals surface area contributed by atoms with Gasteiger partial charge in [-0.2, -0.15) is 0 Å². The van der Waals surface area contributed by atoms with Crippen molar-refractivity contribution >= 4 is 39.8 Å². The Balaban J connectivity index is 2.30. The van der Waals surface area contributed by atoms with Gasteiger partial charge in [-0.15, -0.1) is 0 Å². The predicted octanol–water partition coefficient (Wildman–Crippen LogP) is 3.84. The fraction of sp³-hybridized carbons (Fsp3) is 0.261. The molecule has 0 unspecified atom stereocenters. The molecule has 0 aliphatic rings. The zero-order chi connectivity index (χ0) is 23.0. The van der Waals surface area contributed by atoms with Crippen LogP contribution in [-0.4, -0.2) is 36.0 Å². The van der Waals surface area contributed by atoms with Crippen molar-refractivity contribution in [2.75, 3.05) is 7.11 Å². The molecule has 0 spiro atoms. The molecule has 7 nitrogen and oxygen atoms in total. The highest BCUT2D eigenvalue weighted by molar-refractivity contribution is 9.10. The number of carbonyl (C=O) groups is 3. The van der Waals surface area contributed by atoms with Gasteiger partial charge >= 0.3 is 5.97 Å². The maximum Gasteiger partial charge on any atom is 0.326 e. The highest BCUT2D eigenvalue weighted by atomic mass is 79.9. The van der Waals surface area contributed by atoms with Crippen molar-refractivity contribution in [3.63, 3.8) is 0 Å². The summed E-state index contributed by atoms with van der Waals surface area (Å²) in [6.07, 6.45) is 1.76. The Bertz CT molecular complexity index is 953. The van der Waals surface area contributed by atoms with Gasteiger partial charge in [-0.3, -0.25) is 9.59 Å². The van der Waals surface area contributed by atoms with Gasteiger partial charge in [-0.25, -0.2) is 4.79 Å². The zero-order valence-corrected chi connectivity index (χ0v) is 19.1. The molecule has 0 saturated heterocycles. The lowest BCUT2D eigenvalue weighted by atomic mass is 10.0. The lowest BCUT2D eigenvalue weighted by molar-refractivity contribution is -0.141. The van der Waals surface area contributed by atoms with Crippen molar-refractivity contribution in [1.29, 1.82) is 0 Å². The van der Waals surface area contributed by atoms with Crippen LogP contribution in [0.2, 0.25) is 0 Å². The molecule has 0 aliphatic carbocycles. The minimum Gasteiger partial charge on any atom is -0.497 e. The molecule has 31 heavy (non-hydrogen) atoms. The van der Waals surface area contributed by atoms with E-state index < -0.39 is 23.8 Å². The number of rotatable bonds is 9. The van der Waals surface area contributed by atoms with Crippen LogP contribution < -0.4 is 15.4 Å². The average Bonchev–Trinajstić information content (AvgIpc) is 2.73. The molecule has 2 amide bonds. The molecule has 0 bridgehead atoms. The zero-order valence-electron chi connectivity index (χ0n) is 17.5.